The third kappa shape index (κ3) is 4.67. The van der Waals surface area contributed by atoms with Crippen LogP contribution in [0.5, 0.6) is 0 Å². The molecular weight excluding hydrogens is 507 g/mol. The van der Waals surface area contributed by atoms with Gasteiger partial charge in [0, 0.05) is 58.7 Å². The first kappa shape index (κ1) is 24.9. The van der Waals surface area contributed by atoms with Crippen molar-refractivity contribution < 1.29 is 9.13 Å². The van der Waals surface area contributed by atoms with Gasteiger partial charge in [-0.3, -0.25) is 9.59 Å². The maximum absolute atomic E-state index is 15.1. The molecule has 2 atom stereocenters. The minimum absolute atomic E-state index is 0.00335. The van der Waals surface area contributed by atoms with Crippen molar-refractivity contribution in [1.82, 2.24) is 19.2 Å². The van der Waals surface area contributed by atoms with Gasteiger partial charge in [0.25, 0.3) is 11.1 Å². The summed E-state index contributed by atoms with van der Waals surface area (Å²) in [6.07, 6.45) is 5.34. The van der Waals surface area contributed by atoms with Crippen molar-refractivity contribution in [3.63, 3.8) is 0 Å². The Bertz CT molecular complexity index is 1680. The molecule has 2 fully saturated rings. The lowest BCUT2D eigenvalue weighted by Crippen LogP contribution is -2.26. The lowest BCUT2D eigenvalue weighted by atomic mass is 9.89. The molecular formula is C29H28ClFN4O3. The van der Waals surface area contributed by atoms with E-state index in [0.717, 1.165) is 24.9 Å². The average molecular weight is 535 g/mol. The molecule has 6 rings (SSSR count). The largest absolute Gasteiger partial charge is 0.373 e. The molecule has 0 radical (unpaired) electrons. The second kappa shape index (κ2) is 9.75. The Morgan fingerprint density at radius 1 is 1.08 bits per heavy atom. The first-order valence-corrected chi connectivity index (χ1v) is 13.3. The third-order valence-corrected chi connectivity index (χ3v) is 7.97. The quantitative estimate of drug-likeness (QED) is 0.344. The second-order valence-electron chi connectivity index (χ2n) is 10.4. The van der Waals surface area contributed by atoms with Crippen LogP contribution in [-0.4, -0.2) is 25.8 Å². The number of halogens is 2. The van der Waals surface area contributed by atoms with E-state index in [1.807, 2.05) is 18.3 Å². The molecule has 1 saturated heterocycles. The number of benzene rings is 1. The highest BCUT2D eigenvalue weighted by Crippen LogP contribution is 2.39. The molecule has 0 spiro atoms. The summed E-state index contributed by atoms with van der Waals surface area (Å²) in [6.45, 7) is 4.72. The second-order valence-corrected chi connectivity index (χ2v) is 10.9. The normalized spacial score (nSPS) is 19.7. The van der Waals surface area contributed by atoms with E-state index in [1.54, 1.807) is 36.6 Å². The highest BCUT2D eigenvalue weighted by atomic mass is 35.5. The molecule has 1 aromatic carbocycles. The SMILES string of the molecule is Cc1nc2c(-c3ccc(Cl)cc3F)cc([C@H]3CCO[C@@H](c4ccc(=O)n(CC5CC5)c4)C3)nn2c(=O)c1C. The first-order valence-electron chi connectivity index (χ1n) is 13.0. The van der Waals surface area contributed by atoms with Crippen LogP contribution in [0, 0.1) is 25.6 Å². The van der Waals surface area contributed by atoms with Gasteiger partial charge in [0.2, 0.25) is 0 Å². The summed E-state index contributed by atoms with van der Waals surface area (Å²) < 4.78 is 24.3. The first-order chi connectivity index (χ1) is 18.3. The van der Waals surface area contributed by atoms with Gasteiger partial charge in [-0.05, 0) is 81.3 Å². The van der Waals surface area contributed by atoms with Gasteiger partial charge in [0.1, 0.15) is 5.82 Å². The molecule has 2 aliphatic rings. The van der Waals surface area contributed by atoms with E-state index in [-0.39, 0.29) is 28.2 Å². The van der Waals surface area contributed by atoms with Crippen LogP contribution in [0.2, 0.25) is 5.02 Å². The van der Waals surface area contributed by atoms with Crippen LogP contribution in [0.4, 0.5) is 4.39 Å². The van der Waals surface area contributed by atoms with Crippen LogP contribution in [0.15, 0.2) is 52.2 Å². The number of aryl methyl sites for hydroxylation is 1. The number of aromatic nitrogens is 4. The van der Waals surface area contributed by atoms with Crippen molar-refractivity contribution in [3.8, 4) is 11.1 Å². The van der Waals surface area contributed by atoms with Crippen LogP contribution in [0.25, 0.3) is 16.8 Å². The van der Waals surface area contributed by atoms with Crippen molar-refractivity contribution in [3.05, 3.63) is 96.7 Å². The summed E-state index contributed by atoms with van der Waals surface area (Å²) in [6, 6.07) is 9.76. The van der Waals surface area contributed by atoms with Gasteiger partial charge in [-0.2, -0.15) is 9.61 Å². The fourth-order valence-electron chi connectivity index (χ4n) is 5.19. The van der Waals surface area contributed by atoms with Crippen LogP contribution in [-0.2, 0) is 11.3 Å². The summed E-state index contributed by atoms with van der Waals surface area (Å²) >= 11 is 6.01. The van der Waals surface area contributed by atoms with E-state index in [0.29, 0.717) is 59.1 Å². The van der Waals surface area contributed by atoms with Gasteiger partial charge in [-0.25, -0.2) is 9.37 Å². The fourth-order valence-corrected chi connectivity index (χ4v) is 5.35. The molecule has 0 unspecified atom stereocenters. The average Bonchev–Trinajstić information content (AvgIpc) is 3.73. The van der Waals surface area contributed by atoms with Crippen molar-refractivity contribution in [2.24, 2.45) is 5.92 Å². The lowest BCUT2D eigenvalue weighted by Gasteiger charge is -2.30. The van der Waals surface area contributed by atoms with Gasteiger partial charge in [-0.15, -0.1) is 0 Å². The predicted octanol–water partition coefficient (Wildman–Crippen LogP) is 5.37. The Kier molecular flexibility index (Phi) is 6.40. The summed E-state index contributed by atoms with van der Waals surface area (Å²) in [5.74, 6) is 0.0480. The highest BCUT2D eigenvalue weighted by Gasteiger charge is 2.29. The molecule has 7 nitrogen and oxygen atoms in total. The van der Waals surface area contributed by atoms with Crippen LogP contribution >= 0.6 is 11.6 Å². The van der Waals surface area contributed by atoms with E-state index < -0.39 is 5.82 Å². The molecule has 1 aliphatic heterocycles. The zero-order valence-electron chi connectivity index (χ0n) is 21.3. The Morgan fingerprint density at radius 2 is 1.89 bits per heavy atom. The molecule has 4 heterocycles. The third-order valence-electron chi connectivity index (χ3n) is 7.73. The fraction of sp³-hybridized carbons (Fsp3) is 0.379. The smallest absolute Gasteiger partial charge is 0.277 e. The predicted molar refractivity (Wildman–Crippen MR) is 143 cm³/mol. The summed E-state index contributed by atoms with van der Waals surface area (Å²) in [7, 11) is 0. The van der Waals surface area contributed by atoms with Crippen molar-refractivity contribution >= 4 is 17.2 Å². The van der Waals surface area contributed by atoms with Crippen molar-refractivity contribution in [2.45, 2.75) is 58.1 Å². The summed E-state index contributed by atoms with van der Waals surface area (Å²) in [5, 5.41) is 5.01. The van der Waals surface area contributed by atoms with E-state index in [9.17, 15) is 9.59 Å². The topological polar surface area (TPSA) is 78.5 Å². The molecule has 9 heteroatoms. The van der Waals surface area contributed by atoms with Crippen LogP contribution < -0.4 is 11.1 Å². The summed E-state index contributed by atoms with van der Waals surface area (Å²) in [5.41, 5.74) is 3.52. The number of rotatable bonds is 5. The molecule has 1 saturated carbocycles. The molecule has 3 aromatic heterocycles. The van der Waals surface area contributed by atoms with Gasteiger partial charge >= 0.3 is 0 Å². The number of nitrogens with zero attached hydrogens (tertiary/aromatic N) is 4. The monoisotopic (exact) mass is 534 g/mol. The number of pyridine rings is 1. The standard InChI is InChI=1S/C29H28ClFN4O3/c1-16-17(2)32-28-23(22-7-6-21(30)12-24(22)31)13-25(33-35(28)29(16)37)19-9-10-38-26(11-19)20-5-8-27(36)34(15-20)14-18-3-4-18/h5-8,12-13,15,18-19,26H,3-4,9-11,14H2,1-2H3/t19-,26+/m0/s1. The van der Waals surface area contributed by atoms with E-state index >= 15 is 4.39 Å². The van der Waals surface area contributed by atoms with Gasteiger partial charge in [0.15, 0.2) is 5.65 Å². The number of hydrogen-bond acceptors (Lipinski definition) is 5. The lowest BCUT2D eigenvalue weighted by molar-refractivity contribution is 0.00406. The Morgan fingerprint density at radius 3 is 2.66 bits per heavy atom. The number of ether oxygens (including phenoxy) is 1. The molecule has 0 N–H and O–H groups in total. The Labute approximate surface area is 223 Å². The van der Waals surface area contributed by atoms with E-state index in [1.165, 1.54) is 10.6 Å². The number of hydrogen-bond donors (Lipinski definition) is 0. The zero-order valence-corrected chi connectivity index (χ0v) is 22.0. The Balaban J connectivity index is 1.42. The Hall–Kier alpha value is -3.36. The van der Waals surface area contributed by atoms with Crippen LogP contribution in [0.3, 0.4) is 0 Å². The van der Waals surface area contributed by atoms with Gasteiger partial charge < -0.3 is 9.30 Å². The van der Waals surface area contributed by atoms with Crippen molar-refractivity contribution in [2.75, 3.05) is 6.61 Å². The van der Waals surface area contributed by atoms with Crippen molar-refractivity contribution in [1.29, 1.82) is 0 Å². The molecule has 38 heavy (non-hydrogen) atoms. The minimum atomic E-state index is -0.494. The molecule has 4 aromatic rings. The van der Waals surface area contributed by atoms with E-state index in [2.05, 4.69) is 4.98 Å². The number of fused-ring (bicyclic) bond motifs is 1. The van der Waals surface area contributed by atoms with Crippen LogP contribution in [0.1, 0.15) is 60.2 Å². The summed E-state index contributed by atoms with van der Waals surface area (Å²) in [4.78, 5) is 30.2. The van der Waals surface area contributed by atoms with Gasteiger partial charge in [-0.1, -0.05) is 11.6 Å². The molecule has 196 valence electrons. The van der Waals surface area contributed by atoms with Gasteiger partial charge in [0.05, 0.1) is 11.8 Å². The molecule has 0 amide bonds. The minimum Gasteiger partial charge on any atom is -0.373 e. The maximum atomic E-state index is 15.1. The molecule has 0 bridgehead atoms. The highest BCUT2D eigenvalue weighted by molar-refractivity contribution is 6.30. The zero-order chi connectivity index (χ0) is 26.6. The maximum Gasteiger partial charge on any atom is 0.277 e. The van der Waals surface area contributed by atoms with E-state index in [4.69, 9.17) is 21.4 Å². The molecule has 1 aliphatic carbocycles.